The van der Waals surface area contributed by atoms with Crippen LogP contribution >= 0.6 is 31.9 Å². The van der Waals surface area contributed by atoms with Gasteiger partial charge in [0.1, 0.15) is 18.1 Å². The minimum atomic E-state index is 0.387. The molecule has 0 fully saturated rings. The summed E-state index contributed by atoms with van der Waals surface area (Å²) in [5, 5.41) is 3.89. The van der Waals surface area contributed by atoms with Gasteiger partial charge in [-0.15, -0.1) is 0 Å². The van der Waals surface area contributed by atoms with Crippen LogP contribution in [0.4, 0.5) is 0 Å². The van der Waals surface area contributed by atoms with Crippen molar-refractivity contribution < 1.29 is 14.3 Å². The molecule has 2 aromatic carbocycles. The Balaban J connectivity index is 2.30. The van der Waals surface area contributed by atoms with Gasteiger partial charge in [0.25, 0.3) is 0 Å². The van der Waals surface area contributed by atoms with Crippen LogP contribution in [0.5, 0.6) is 17.2 Å². The van der Waals surface area contributed by atoms with Gasteiger partial charge in [-0.3, -0.25) is 0 Å². The lowest BCUT2D eigenvalue weighted by Gasteiger charge is -2.17. The monoisotopic (exact) mass is 483 g/mol. The van der Waals surface area contributed by atoms with Crippen molar-refractivity contribution in [3.8, 4) is 17.2 Å². The van der Waals surface area contributed by atoms with Crippen LogP contribution < -0.4 is 9.47 Å². The van der Waals surface area contributed by atoms with Crippen LogP contribution in [0, 0.1) is 0 Å². The highest BCUT2D eigenvalue weighted by molar-refractivity contribution is 9.11. The minimum absolute atomic E-state index is 0.387. The third-order valence-electron chi connectivity index (χ3n) is 3.99. The summed E-state index contributed by atoms with van der Waals surface area (Å²) in [5.74, 6) is 2.74. The summed E-state index contributed by atoms with van der Waals surface area (Å²) in [6.45, 7) is 6.77. The normalized spacial score (nSPS) is 12.2. The van der Waals surface area contributed by atoms with Crippen LogP contribution in [-0.2, 0) is 4.84 Å². The lowest BCUT2D eigenvalue weighted by Crippen LogP contribution is -1.98. The fourth-order valence-corrected chi connectivity index (χ4v) is 3.81. The van der Waals surface area contributed by atoms with Crippen LogP contribution in [0.25, 0.3) is 0 Å². The maximum Gasteiger partial charge on any atom is 0.155 e. The summed E-state index contributed by atoms with van der Waals surface area (Å²) in [6, 6.07) is 9.76. The predicted octanol–water partition coefficient (Wildman–Crippen LogP) is 6.90. The van der Waals surface area contributed by atoms with E-state index in [1.165, 1.54) is 0 Å². The predicted molar refractivity (Wildman–Crippen MR) is 113 cm³/mol. The van der Waals surface area contributed by atoms with Gasteiger partial charge in [-0.25, -0.2) is 0 Å². The van der Waals surface area contributed by atoms with Crippen LogP contribution in [0.1, 0.15) is 44.2 Å². The zero-order valence-electron chi connectivity index (χ0n) is 15.4. The zero-order valence-corrected chi connectivity index (χ0v) is 18.6. The molecule has 0 saturated heterocycles. The molecule has 2 aromatic rings. The van der Waals surface area contributed by atoms with Gasteiger partial charge in [-0.1, -0.05) is 19.0 Å². The zero-order chi connectivity index (χ0) is 19.1. The number of methoxy groups -OCH3 is 1. The Labute approximate surface area is 171 Å². The molecule has 0 aliphatic heterocycles. The third-order valence-corrected chi connectivity index (χ3v) is 5.17. The molecule has 140 valence electrons. The van der Waals surface area contributed by atoms with Crippen molar-refractivity contribution in [3.63, 3.8) is 0 Å². The van der Waals surface area contributed by atoms with Crippen LogP contribution in [0.2, 0.25) is 0 Å². The van der Waals surface area contributed by atoms with Gasteiger partial charge in [-0.05, 0) is 87.0 Å². The number of hydrogen-bond acceptors (Lipinski definition) is 4. The topological polar surface area (TPSA) is 40.0 Å². The molecule has 4 nitrogen and oxygen atoms in total. The van der Waals surface area contributed by atoms with Crippen molar-refractivity contribution in [1.29, 1.82) is 0 Å². The number of nitrogens with zero attached hydrogens (tertiary/aromatic N) is 1. The first-order valence-electron chi connectivity index (χ1n) is 8.50. The molecule has 0 bridgehead atoms. The van der Waals surface area contributed by atoms with Crippen molar-refractivity contribution in [2.75, 3.05) is 13.7 Å². The Kier molecular flexibility index (Phi) is 7.97. The average Bonchev–Trinajstić information content (AvgIpc) is 2.64. The molecule has 0 N–H and O–H groups in total. The summed E-state index contributed by atoms with van der Waals surface area (Å²) < 4.78 is 13.3. The third kappa shape index (κ3) is 5.24. The van der Waals surface area contributed by atoms with Crippen LogP contribution in [0.3, 0.4) is 0 Å². The fourth-order valence-electron chi connectivity index (χ4n) is 2.42. The van der Waals surface area contributed by atoms with Gasteiger partial charge in [0, 0.05) is 5.56 Å². The van der Waals surface area contributed by atoms with Gasteiger partial charge in [0.15, 0.2) is 5.75 Å². The standard InChI is InChI=1S/C20H23Br2NO3/c1-5-13(3)16-11-15(7-8-19(16)24-4)26-20-17(21)9-14(10-18(20)22)12-23-25-6-2/h7-13H,5-6H2,1-4H3. The summed E-state index contributed by atoms with van der Waals surface area (Å²) >= 11 is 7.14. The van der Waals surface area contributed by atoms with E-state index in [1.807, 2.05) is 37.3 Å². The Morgan fingerprint density at radius 1 is 1.12 bits per heavy atom. The second kappa shape index (κ2) is 9.97. The summed E-state index contributed by atoms with van der Waals surface area (Å²) in [4.78, 5) is 5.01. The molecular formula is C20H23Br2NO3. The van der Waals surface area contributed by atoms with E-state index in [0.717, 1.165) is 38.0 Å². The van der Waals surface area contributed by atoms with Crippen molar-refractivity contribution in [3.05, 3.63) is 50.4 Å². The highest BCUT2D eigenvalue weighted by atomic mass is 79.9. The maximum atomic E-state index is 6.13. The molecule has 6 heteroatoms. The molecule has 0 spiro atoms. The van der Waals surface area contributed by atoms with Gasteiger partial charge in [-0.2, -0.15) is 0 Å². The number of hydrogen-bond donors (Lipinski definition) is 0. The van der Waals surface area contributed by atoms with E-state index in [-0.39, 0.29) is 0 Å². The molecule has 1 unspecified atom stereocenters. The van der Waals surface area contributed by atoms with E-state index in [1.54, 1.807) is 13.3 Å². The van der Waals surface area contributed by atoms with Crippen molar-refractivity contribution >= 4 is 38.1 Å². The Hall–Kier alpha value is -1.53. The van der Waals surface area contributed by atoms with Crippen molar-refractivity contribution in [1.82, 2.24) is 0 Å². The lowest BCUT2D eigenvalue weighted by molar-refractivity contribution is 0.160. The fraction of sp³-hybridized carbons (Fsp3) is 0.350. The van der Waals surface area contributed by atoms with Gasteiger partial charge in [0.2, 0.25) is 0 Å². The van der Waals surface area contributed by atoms with Gasteiger partial charge >= 0.3 is 0 Å². The van der Waals surface area contributed by atoms with Gasteiger partial charge < -0.3 is 14.3 Å². The molecule has 0 amide bonds. The first kappa shape index (κ1) is 20.8. The molecular weight excluding hydrogens is 462 g/mol. The second-order valence-corrected chi connectivity index (χ2v) is 7.49. The molecule has 0 aliphatic carbocycles. The number of rotatable bonds is 8. The summed E-state index contributed by atoms with van der Waals surface area (Å²) in [5.41, 5.74) is 2.04. The van der Waals surface area contributed by atoms with E-state index in [2.05, 4.69) is 50.9 Å². The van der Waals surface area contributed by atoms with Crippen LogP contribution in [0.15, 0.2) is 44.4 Å². The van der Waals surface area contributed by atoms with Crippen molar-refractivity contribution in [2.24, 2.45) is 5.16 Å². The van der Waals surface area contributed by atoms with E-state index < -0.39 is 0 Å². The molecule has 0 saturated carbocycles. The largest absolute Gasteiger partial charge is 0.496 e. The second-order valence-electron chi connectivity index (χ2n) is 5.78. The number of ether oxygens (including phenoxy) is 2. The molecule has 26 heavy (non-hydrogen) atoms. The summed E-state index contributed by atoms with van der Waals surface area (Å²) in [7, 11) is 1.69. The Morgan fingerprint density at radius 3 is 2.38 bits per heavy atom. The first-order chi connectivity index (χ1) is 12.5. The van der Waals surface area contributed by atoms with Crippen LogP contribution in [-0.4, -0.2) is 19.9 Å². The highest BCUT2D eigenvalue weighted by Crippen LogP contribution is 2.39. The number of oxime groups is 1. The molecule has 2 rings (SSSR count). The highest BCUT2D eigenvalue weighted by Gasteiger charge is 2.14. The van der Waals surface area contributed by atoms with E-state index in [4.69, 9.17) is 14.3 Å². The molecule has 0 radical (unpaired) electrons. The average molecular weight is 485 g/mol. The first-order valence-corrected chi connectivity index (χ1v) is 10.1. The van der Waals surface area contributed by atoms with E-state index in [9.17, 15) is 0 Å². The number of halogens is 2. The maximum absolute atomic E-state index is 6.13. The quantitative estimate of drug-likeness (QED) is 0.302. The van der Waals surface area contributed by atoms with E-state index >= 15 is 0 Å². The molecule has 1 atom stereocenters. The molecule has 0 heterocycles. The molecule has 0 aromatic heterocycles. The Morgan fingerprint density at radius 2 is 1.81 bits per heavy atom. The van der Waals surface area contributed by atoms with Crippen molar-refractivity contribution in [2.45, 2.75) is 33.1 Å². The van der Waals surface area contributed by atoms with E-state index in [0.29, 0.717) is 18.3 Å². The SMILES string of the molecule is CCON=Cc1cc(Br)c(Oc2ccc(OC)c(C(C)CC)c2)c(Br)c1. The minimum Gasteiger partial charge on any atom is -0.496 e. The number of benzene rings is 2. The Bertz CT molecular complexity index is 755. The smallest absolute Gasteiger partial charge is 0.155 e. The summed E-state index contributed by atoms with van der Waals surface area (Å²) in [6.07, 6.45) is 2.69. The lowest BCUT2D eigenvalue weighted by atomic mass is 9.97. The van der Waals surface area contributed by atoms with Gasteiger partial charge in [0.05, 0.1) is 22.3 Å². The molecule has 0 aliphatic rings.